The Morgan fingerprint density at radius 2 is 2.11 bits per heavy atom. The largest absolute Gasteiger partial charge is 0.454 e. The number of benzene rings is 1. The second-order valence-corrected chi connectivity index (χ2v) is 7.27. The van der Waals surface area contributed by atoms with E-state index < -0.39 is 6.03 Å². The van der Waals surface area contributed by atoms with Crippen LogP contribution in [0.1, 0.15) is 20.3 Å². The molecule has 3 amide bonds. The number of hydrogen-bond acceptors (Lipinski definition) is 8. The number of amides is 3. The zero-order valence-electron chi connectivity index (χ0n) is 15.0. The lowest BCUT2D eigenvalue weighted by Gasteiger charge is -2.08. The molecule has 0 aliphatic carbocycles. The first-order chi connectivity index (χ1) is 13.0. The van der Waals surface area contributed by atoms with Crippen molar-refractivity contribution in [3.8, 4) is 11.5 Å². The number of tetrazole rings is 1. The van der Waals surface area contributed by atoms with E-state index in [0.717, 1.165) is 0 Å². The maximum atomic E-state index is 11.9. The molecule has 0 unspecified atom stereocenters. The number of carbonyl (C=O) groups is 2. The van der Waals surface area contributed by atoms with Crippen molar-refractivity contribution < 1.29 is 19.1 Å². The summed E-state index contributed by atoms with van der Waals surface area (Å²) >= 11 is 1.37. The van der Waals surface area contributed by atoms with Crippen molar-refractivity contribution in [2.75, 3.05) is 17.9 Å². The number of nitrogens with one attached hydrogen (secondary N) is 2. The maximum Gasteiger partial charge on any atom is 0.325 e. The molecule has 3 rings (SSSR count). The van der Waals surface area contributed by atoms with Gasteiger partial charge in [0, 0.05) is 30.5 Å². The van der Waals surface area contributed by atoms with Crippen LogP contribution in [0, 0.1) is 5.92 Å². The molecule has 0 saturated heterocycles. The van der Waals surface area contributed by atoms with Gasteiger partial charge in [-0.2, -0.15) is 0 Å². The van der Waals surface area contributed by atoms with Crippen LogP contribution in [0.4, 0.5) is 10.5 Å². The normalized spacial score (nSPS) is 12.3. The van der Waals surface area contributed by atoms with Crippen molar-refractivity contribution in [3.05, 3.63) is 18.2 Å². The minimum atomic E-state index is -0.603. The summed E-state index contributed by atoms with van der Waals surface area (Å²) in [6.45, 7) is 5.01. The number of hydrogen-bond donors (Lipinski definition) is 2. The molecule has 2 aromatic rings. The van der Waals surface area contributed by atoms with Gasteiger partial charge < -0.3 is 14.8 Å². The number of carbonyl (C=O) groups excluding carboxylic acids is 2. The van der Waals surface area contributed by atoms with Crippen LogP contribution in [-0.4, -0.2) is 44.7 Å². The van der Waals surface area contributed by atoms with Crippen molar-refractivity contribution in [2.24, 2.45) is 5.92 Å². The van der Waals surface area contributed by atoms with Crippen molar-refractivity contribution in [1.82, 2.24) is 25.5 Å². The fourth-order valence-electron chi connectivity index (χ4n) is 2.32. The third kappa shape index (κ3) is 5.33. The second kappa shape index (κ2) is 8.71. The monoisotopic (exact) mass is 392 g/mol. The van der Waals surface area contributed by atoms with Crippen LogP contribution in [0.2, 0.25) is 0 Å². The Balaban J connectivity index is 1.41. The molecule has 2 heterocycles. The smallest absolute Gasteiger partial charge is 0.325 e. The number of fused-ring (bicyclic) bond motifs is 1. The van der Waals surface area contributed by atoms with Crippen LogP contribution >= 0.6 is 11.8 Å². The lowest BCUT2D eigenvalue weighted by molar-refractivity contribution is -0.119. The van der Waals surface area contributed by atoms with Crippen molar-refractivity contribution >= 4 is 29.4 Å². The molecule has 0 bridgehead atoms. The Morgan fingerprint density at radius 3 is 2.93 bits per heavy atom. The first kappa shape index (κ1) is 19.0. The summed E-state index contributed by atoms with van der Waals surface area (Å²) in [5.41, 5.74) is 0.506. The first-order valence-corrected chi connectivity index (χ1v) is 9.39. The molecule has 0 saturated carbocycles. The van der Waals surface area contributed by atoms with E-state index in [0.29, 0.717) is 40.6 Å². The van der Waals surface area contributed by atoms with Crippen LogP contribution in [-0.2, 0) is 11.3 Å². The SMILES string of the molecule is CC(C)Cn1nnnc1SCCC(=O)NC(=O)Nc1ccc2c(c1)OCO2. The van der Waals surface area contributed by atoms with Gasteiger partial charge >= 0.3 is 6.03 Å². The highest BCUT2D eigenvalue weighted by atomic mass is 32.2. The molecule has 1 aromatic carbocycles. The summed E-state index contributed by atoms with van der Waals surface area (Å²) in [6.07, 6.45) is 0.160. The molecular formula is C16H20N6O4S. The lowest BCUT2D eigenvalue weighted by Crippen LogP contribution is -2.34. The highest BCUT2D eigenvalue weighted by Gasteiger charge is 2.15. The van der Waals surface area contributed by atoms with E-state index in [9.17, 15) is 9.59 Å². The molecule has 1 aromatic heterocycles. The second-order valence-electron chi connectivity index (χ2n) is 6.21. The standard InChI is InChI=1S/C16H20N6O4S/c1-10(2)8-22-16(19-20-21-22)27-6-5-14(23)18-15(24)17-11-3-4-12-13(7-11)26-9-25-12/h3-4,7,10H,5-6,8-9H2,1-2H3,(H2,17,18,23,24). The van der Waals surface area contributed by atoms with Gasteiger partial charge in [0.25, 0.3) is 0 Å². The maximum absolute atomic E-state index is 11.9. The molecule has 2 N–H and O–H groups in total. The summed E-state index contributed by atoms with van der Waals surface area (Å²) in [7, 11) is 0. The molecule has 1 aliphatic heterocycles. The fourth-order valence-corrected chi connectivity index (χ4v) is 3.15. The number of nitrogens with zero attached hydrogens (tertiary/aromatic N) is 4. The summed E-state index contributed by atoms with van der Waals surface area (Å²) < 4.78 is 12.2. The zero-order chi connectivity index (χ0) is 19.2. The van der Waals surface area contributed by atoms with Crippen LogP contribution in [0.25, 0.3) is 0 Å². The highest BCUT2D eigenvalue weighted by Crippen LogP contribution is 2.34. The van der Waals surface area contributed by atoms with Gasteiger partial charge in [-0.1, -0.05) is 25.6 Å². The molecule has 0 fully saturated rings. The number of imide groups is 1. The number of aromatic nitrogens is 4. The third-order valence-electron chi connectivity index (χ3n) is 3.48. The van der Waals surface area contributed by atoms with E-state index in [1.54, 1.807) is 22.9 Å². The Morgan fingerprint density at radius 1 is 1.30 bits per heavy atom. The van der Waals surface area contributed by atoms with Gasteiger partial charge in [-0.3, -0.25) is 10.1 Å². The van der Waals surface area contributed by atoms with Gasteiger partial charge in [0.2, 0.25) is 17.9 Å². The van der Waals surface area contributed by atoms with Crippen LogP contribution in [0.5, 0.6) is 11.5 Å². The predicted octanol–water partition coefficient (Wildman–Crippen LogP) is 1.89. The van der Waals surface area contributed by atoms with Gasteiger partial charge in [-0.05, 0) is 28.5 Å². The average molecular weight is 392 g/mol. The van der Waals surface area contributed by atoms with Gasteiger partial charge in [-0.25, -0.2) is 9.48 Å². The van der Waals surface area contributed by atoms with Crippen LogP contribution in [0.3, 0.4) is 0 Å². The highest BCUT2D eigenvalue weighted by molar-refractivity contribution is 7.99. The number of ether oxygens (including phenoxy) is 2. The van der Waals surface area contributed by atoms with Crippen molar-refractivity contribution in [1.29, 1.82) is 0 Å². The predicted molar refractivity (Wildman–Crippen MR) is 97.7 cm³/mol. The van der Waals surface area contributed by atoms with E-state index in [1.165, 1.54) is 11.8 Å². The van der Waals surface area contributed by atoms with E-state index in [4.69, 9.17) is 9.47 Å². The Kier molecular flexibility index (Phi) is 6.12. The molecule has 27 heavy (non-hydrogen) atoms. The van der Waals surface area contributed by atoms with E-state index in [-0.39, 0.29) is 19.1 Å². The molecule has 0 spiro atoms. The molecule has 0 radical (unpaired) electrons. The zero-order valence-corrected chi connectivity index (χ0v) is 15.8. The number of rotatable bonds is 7. The average Bonchev–Trinajstić information content (AvgIpc) is 3.23. The van der Waals surface area contributed by atoms with Gasteiger partial charge in [0.15, 0.2) is 11.5 Å². The first-order valence-electron chi connectivity index (χ1n) is 8.40. The number of thioether (sulfide) groups is 1. The van der Waals surface area contributed by atoms with E-state index >= 15 is 0 Å². The Hall–Kier alpha value is -2.82. The number of urea groups is 1. The topological polar surface area (TPSA) is 120 Å². The molecule has 144 valence electrons. The quantitative estimate of drug-likeness (QED) is 0.686. The minimum Gasteiger partial charge on any atom is -0.454 e. The van der Waals surface area contributed by atoms with Gasteiger partial charge in [0.05, 0.1) is 0 Å². The fraction of sp³-hybridized carbons (Fsp3) is 0.438. The minimum absolute atomic E-state index is 0.154. The summed E-state index contributed by atoms with van der Waals surface area (Å²) in [5, 5.41) is 17.1. The third-order valence-corrected chi connectivity index (χ3v) is 4.44. The Labute approximate surface area is 160 Å². The van der Waals surface area contributed by atoms with Crippen molar-refractivity contribution in [2.45, 2.75) is 32.0 Å². The van der Waals surface area contributed by atoms with Gasteiger partial charge in [0.1, 0.15) is 0 Å². The van der Waals surface area contributed by atoms with Crippen molar-refractivity contribution in [3.63, 3.8) is 0 Å². The Bertz CT molecular complexity index is 825. The summed E-state index contributed by atoms with van der Waals surface area (Å²) in [5.74, 6) is 1.66. The lowest BCUT2D eigenvalue weighted by atomic mass is 10.2. The molecule has 11 heteroatoms. The molecule has 10 nitrogen and oxygen atoms in total. The molecule has 0 atom stereocenters. The van der Waals surface area contributed by atoms with E-state index in [1.807, 2.05) is 0 Å². The van der Waals surface area contributed by atoms with E-state index in [2.05, 4.69) is 40.0 Å². The summed E-state index contributed by atoms with van der Waals surface area (Å²) in [6, 6.07) is 4.39. The van der Waals surface area contributed by atoms with Crippen LogP contribution in [0.15, 0.2) is 23.4 Å². The molecule has 1 aliphatic rings. The molecular weight excluding hydrogens is 372 g/mol. The van der Waals surface area contributed by atoms with Gasteiger partial charge in [-0.15, -0.1) is 5.10 Å². The van der Waals surface area contributed by atoms with Crippen LogP contribution < -0.4 is 20.1 Å². The number of anilines is 1. The summed E-state index contributed by atoms with van der Waals surface area (Å²) in [4.78, 5) is 23.9.